The molecule has 0 radical (unpaired) electrons. The van der Waals surface area contributed by atoms with E-state index in [-0.39, 0.29) is 50.4 Å². The van der Waals surface area contributed by atoms with E-state index in [0.29, 0.717) is 19.3 Å². The third-order valence-electron chi connectivity index (χ3n) is 11.1. The summed E-state index contributed by atoms with van der Waals surface area (Å²) in [5.74, 6) is -1.06. The van der Waals surface area contributed by atoms with Crippen molar-refractivity contribution in [3.63, 3.8) is 0 Å². The molecule has 0 fully saturated rings. The zero-order chi connectivity index (χ0) is 50.0. The van der Waals surface area contributed by atoms with Crippen molar-refractivity contribution < 1.29 is 28.6 Å². The Kier molecular flexibility index (Phi) is 52.5. The van der Waals surface area contributed by atoms with Crippen LogP contribution in [0.4, 0.5) is 0 Å². The van der Waals surface area contributed by atoms with Gasteiger partial charge in [0.25, 0.3) is 0 Å². The minimum Gasteiger partial charge on any atom is -0.462 e. The number of carbonyl (C=O) groups excluding carboxylic acids is 3. The van der Waals surface area contributed by atoms with E-state index >= 15 is 0 Å². The van der Waals surface area contributed by atoms with Crippen molar-refractivity contribution in [1.29, 1.82) is 0 Å². The Morgan fingerprint density at radius 1 is 0.290 bits per heavy atom. The summed E-state index contributed by atoms with van der Waals surface area (Å²) in [7, 11) is 0. The average molecular weight is 953 g/mol. The lowest BCUT2D eigenvalue weighted by Gasteiger charge is -2.18. The van der Waals surface area contributed by atoms with Crippen LogP contribution in [0.25, 0.3) is 0 Å². The topological polar surface area (TPSA) is 78.9 Å². The maximum atomic E-state index is 12.8. The van der Waals surface area contributed by atoms with Gasteiger partial charge in [-0.15, -0.1) is 0 Å². The van der Waals surface area contributed by atoms with Crippen molar-refractivity contribution in [2.24, 2.45) is 0 Å². The summed E-state index contributed by atoms with van der Waals surface area (Å²) in [5, 5.41) is 0. The van der Waals surface area contributed by atoms with Gasteiger partial charge in [-0.3, -0.25) is 14.4 Å². The number of hydrogen-bond acceptors (Lipinski definition) is 6. The van der Waals surface area contributed by atoms with Gasteiger partial charge in [0.1, 0.15) is 13.2 Å². The highest BCUT2D eigenvalue weighted by molar-refractivity contribution is 5.71. The van der Waals surface area contributed by atoms with Crippen LogP contribution in [-0.2, 0) is 28.6 Å². The predicted octanol–water partition coefficient (Wildman–Crippen LogP) is 18.6. The lowest BCUT2D eigenvalue weighted by molar-refractivity contribution is -0.167. The van der Waals surface area contributed by atoms with Gasteiger partial charge in [0, 0.05) is 19.3 Å². The molecule has 0 N–H and O–H groups in total. The van der Waals surface area contributed by atoms with Crippen molar-refractivity contribution >= 4 is 17.9 Å². The standard InChI is InChI=1S/C63H100O6/c1-4-7-10-13-16-19-22-25-28-30-31-33-36-39-42-45-48-51-54-57-63(66)69-60(58-67-61(64)55-52-49-46-43-40-37-34-27-24-21-18-15-12-9-6-3)59-68-62(65)56-53-50-47-44-41-38-35-32-29-26-23-20-17-14-11-8-5-2/h16-21,25-29,31,33-35,38-40,42-44,47,60H,4-15,22-24,30,32,36-37,41,45-46,48-59H2,1-3H3/b19-16-,20-17-,21-18-,28-25-,29-26-,33-31-,34-27-,38-35-,42-39-,43-40-,47-44-/t60-/m0/s1. The van der Waals surface area contributed by atoms with Crippen LogP contribution in [-0.4, -0.2) is 37.2 Å². The van der Waals surface area contributed by atoms with Crippen molar-refractivity contribution in [3.05, 3.63) is 134 Å². The molecular formula is C63H100O6. The van der Waals surface area contributed by atoms with Gasteiger partial charge in [0.15, 0.2) is 6.10 Å². The Bertz CT molecular complexity index is 1510. The number of esters is 3. The van der Waals surface area contributed by atoms with Gasteiger partial charge in [0.05, 0.1) is 0 Å². The van der Waals surface area contributed by atoms with Crippen LogP contribution in [0.15, 0.2) is 134 Å². The third kappa shape index (κ3) is 54.4. The minimum absolute atomic E-state index is 0.133. The lowest BCUT2D eigenvalue weighted by atomic mass is 10.1. The van der Waals surface area contributed by atoms with E-state index in [0.717, 1.165) is 89.9 Å². The fourth-order valence-corrected chi connectivity index (χ4v) is 6.89. The molecule has 0 heterocycles. The second kappa shape index (κ2) is 56.1. The lowest BCUT2D eigenvalue weighted by Crippen LogP contribution is -2.30. The van der Waals surface area contributed by atoms with Gasteiger partial charge < -0.3 is 14.2 Å². The predicted molar refractivity (Wildman–Crippen MR) is 297 cm³/mol. The van der Waals surface area contributed by atoms with Crippen LogP contribution in [0, 0.1) is 0 Å². The van der Waals surface area contributed by atoms with Crippen molar-refractivity contribution in [2.75, 3.05) is 13.2 Å². The van der Waals surface area contributed by atoms with Crippen LogP contribution in [0.2, 0.25) is 0 Å². The molecule has 6 heteroatoms. The summed E-state index contributed by atoms with van der Waals surface area (Å²) < 4.78 is 16.7. The molecule has 0 amide bonds. The molecule has 0 saturated heterocycles. The van der Waals surface area contributed by atoms with E-state index in [2.05, 4.69) is 154 Å². The molecule has 1 atom stereocenters. The van der Waals surface area contributed by atoms with Crippen LogP contribution >= 0.6 is 0 Å². The summed E-state index contributed by atoms with van der Waals surface area (Å²) in [5.41, 5.74) is 0. The molecule has 0 saturated carbocycles. The monoisotopic (exact) mass is 953 g/mol. The molecule has 0 rings (SSSR count). The van der Waals surface area contributed by atoms with E-state index in [4.69, 9.17) is 14.2 Å². The zero-order valence-corrected chi connectivity index (χ0v) is 44.3. The second-order valence-corrected chi connectivity index (χ2v) is 17.8. The molecule has 388 valence electrons. The van der Waals surface area contributed by atoms with Crippen molar-refractivity contribution in [2.45, 2.75) is 232 Å². The molecule has 0 aromatic carbocycles. The van der Waals surface area contributed by atoms with Gasteiger partial charge in [0.2, 0.25) is 0 Å². The zero-order valence-electron chi connectivity index (χ0n) is 44.3. The van der Waals surface area contributed by atoms with E-state index < -0.39 is 6.10 Å². The maximum Gasteiger partial charge on any atom is 0.306 e. The molecule has 0 aromatic heterocycles. The van der Waals surface area contributed by atoms with Crippen LogP contribution in [0.5, 0.6) is 0 Å². The molecule has 6 nitrogen and oxygen atoms in total. The average Bonchev–Trinajstić information content (AvgIpc) is 3.35. The van der Waals surface area contributed by atoms with E-state index in [1.807, 2.05) is 0 Å². The molecular weight excluding hydrogens is 853 g/mol. The highest BCUT2D eigenvalue weighted by Crippen LogP contribution is 2.11. The second-order valence-electron chi connectivity index (χ2n) is 17.8. The molecule has 0 aliphatic rings. The Balaban J connectivity index is 4.62. The summed E-state index contributed by atoms with van der Waals surface area (Å²) in [6.45, 7) is 6.43. The largest absolute Gasteiger partial charge is 0.462 e. The normalized spacial score (nSPS) is 13.1. The van der Waals surface area contributed by atoms with Gasteiger partial charge in [-0.1, -0.05) is 199 Å². The molecule has 0 spiro atoms. The van der Waals surface area contributed by atoms with Crippen molar-refractivity contribution in [3.8, 4) is 0 Å². The molecule has 0 aliphatic heterocycles. The Hall–Kier alpha value is -4.45. The Morgan fingerprint density at radius 2 is 0.536 bits per heavy atom. The Labute approximate surface area is 424 Å². The first kappa shape index (κ1) is 64.5. The van der Waals surface area contributed by atoms with Crippen LogP contribution < -0.4 is 0 Å². The molecule has 69 heavy (non-hydrogen) atoms. The first-order valence-corrected chi connectivity index (χ1v) is 27.7. The van der Waals surface area contributed by atoms with Crippen LogP contribution in [0.1, 0.15) is 226 Å². The van der Waals surface area contributed by atoms with Gasteiger partial charge in [-0.2, -0.15) is 0 Å². The van der Waals surface area contributed by atoms with Crippen molar-refractivity contribution in [1.82, 2.24) is 0 Å². The van der Waals surface area contributed by atoms with Gasteiger partial charge in [-0.05, 0) is 141 Å². The quantitative estimate of drug-likeness (QED) is 0.0262. The fraction of sp³-hybridized carbons (Fsp3) is 0.603. The van der Waals surface area contributed by atoms with E-state index in [1.165, 1.54) is 77.0 Å². The maximum absolute atomic E-state index is 12.8. The van der Waals surface area contributed by atoms with E-state index in [9.17, 15) is 14.4 Å². The van der Waals surface area contributed by atoms with Crippen LogP contribution in [0.3, 0.4) is 0 Å². The highest BCUT2D eigenvalue weighted by atomic mass is 16.6. The number of carbonyl (C=O) groups is 3. The van der Waals surface area contributed by atoms with Gasteiger partial charge >= 0.3 is 17.9 Å². The highest BCUT2D eigenvalue weighted by Gasteiger charge is 2.19. The summed E-state index contributed by atoms with van der Waals surface area (Å²) in [4.78, 5) is 38.1. The summed E-state index contributed by atoms with van der Waals surface area (Å²) in [6.07, 6.45) is 78.7. The summed E-state index contributed by atoms with van der Waals surface area (Å²) >= 11 is 0. The number of allylic oxidation sites excluding steroid dienone is 22. The van der Waals surface area contributed by atoms with Gasteiger partial charge in [-0.25, -0.2) is 0 Å². The fourth-order valence-electron chi connectivity index (χ4n) is 6.89. The number of unbranched alkanes of at least 4 members (excludes halogenated alkanes) is 15. The first-order valence-electron chi connectivity index (χ1n) is 27.7. The van der Waals surface area contributed by atoms with E-state index in [1.54, 1.807) is 0 Å². The summed E-state index contributed by atoms with van der Waals surface area (Å²) in [6, 6.07) is 0. The third-order valence-corrected chi connectivity index (χ3v) is 11.1. The SMILES string of the molecule is CCCCC/C=C\C/C=C\C/C=C\C/C=C\CCCCCC(=O)O[C@H](COC(=O)CCC/C=C\C/C=C\C/C=C\C/C=C\CCCCC)COC(=O)CCCC/C=C\C/C=C\C/C=C\CCCCC. The molecule has 0 bridgehead atoms. The molecule has 0 unspecified atom stereocenters. The molecule has 0 aromatic rings. The smallest absolute Gasteiger partial charge is 0.306 e. The minimum atomic E-state index is -0.838. The molecule has 0 aliphatic carbocycles. The number of hydrogen-bond donors (Lipinski definition) is 0. The first-order chi connectivity index (χ1) is 34.0. The number of ether oxygens (including phenoxy) is 3. The Morgan fingerprint density at radius 3 is 0.870 bits per heavy atom. The number of rotatable bonds is 48.